The molecule has 0 saturated carbocycles. The van der Waals surface area contributed by atoms with Crippen molar-refractivity contribution >= 4 is 22.9 Å². The molecule has 0 fully saturated rings. The summed E-state index contributed by atoms with van der Waals surface area (Å²) in [5.41, 5.74) is 1.33. The lowest BCUT2D eigenvalue weighted by molar-refractivity contribution is -0.131. The molecule has 0 saturated heterocycles. The van der Waals surface area contributed by atoms with Crippen LogP contribution < -0.4 is 4.74 Å². The minimum absolute atomic E-state index is 0.0608. The molecule has 2 rings (SSSR count). The van der Waals surface area contributed by atoms with Crippen LogP contribution in [-0.2, 0) is 4.79 Å². The molecule has 0 unspecified atom stereocenters. The first-order valence-corrected chi connectivity index (χ1v) is 6.03. The molecule has 0 radical (unpaired) electrons. The number of benzene rings is 1. The largest absolute Gasteiger partial charge is 0.489 e. The monoisotopic (exact) mass is 257 g/mol. The molecule has 0 bridgehead atoms. The predicted molar refractivity (Wildman–Crippen MR) is 74.2 cm³/mol. The number of hydrogen-bond acceptors (Lipinski definition) is 3. The van der Waals surface area contributed by atoms with Gasteiger partial charge in [-0.05, 0) is 32.1 Å². The van der Waals surface area contributed by atoms with E-state index in [1.54, 1.807) is 6.07 Å². The van der Waals surface area contributed by atoms with Crippen LogP contribution in [-0.4, -0.2) is 22.2 Å². The molecule has 0 aliphatic rings. The Kier molecular flexibility index (Phi) is 3.80. The van der Waals surface area contributed by atoms with E-state index in [4.69, 9.17) is 9.84 Å². The highest BCUT2D eigenvalue weighted by molar-refractivity contribution is 5.88. The molecule has 0 amide bonds. The summed E-state index contributed by atoms with van der Waals surface area (Å²) in [5, 5.41) is 9.59. The van der Waals surface area contributed by atoms with Crippen molar-refractivity contribution in [2.45, 2.75) is 20.0 Å². The normalized spacial score (nSPS) is 11.3. The molecule has 0 aliphatic heterocycles. The van der Waals surface area contributed by atoms with Crippen LogP contribution in [0.3, 0.4) is 0 Å². The average molecular weight is 257 g/mol. The van der Waals surface area contributed by atoms with Crippen LogP contribution in [0.15, 0.2) is 36.4 Å². The number of fused-ring (bicyclic) bond motifs is 1. The van der Waals surface area contributed by atoms with Gasteiger partial charge in [0.25, 0.3) is 0 Å². The molecular weight excluding hydrogens is 242 g/mol. The summed E-state index contributed by atoms with van der Waals surface area (Å²) >= 11 is 0. The third-order valence-electron chi connectivity index (χ3n) is 2.46. The van der Waals surface area contributed by atoms with Gasteiger partial charge in [-0.15, -0.1) is 0 Å². The third kappa shape index (κ3) is 3.31. The molecule has 0 atom stereocenters. The number of aromatic nitrogens is 1. The predicted octanol–water partition coefficient (Wildman–Crippen LogP) is 3.12. The quantitative estimate of drug-likeness (QED) is 0.855. The van der Waals surface area contributed by atoms with Crippen molar-refractivity contribution in [1.82, 2.24) is 4.98 Å². The van der Waals surface area contributed by atoms with Crippen molar-refractivity contribution < 1.29 is 14.6 Å². The van der Waals surface area contributed by atoms with Crippen LogP contribution in [0.4, 0.5) is 0 Å². The lowest BCUT2D eigenvalue weighted by Crippen LogP contribution is -2.06. The maximum absolute atomic E-state index is 10.5. The molecule has 1 aromatic heterocycles. The number of pyridine rings is 1. The summed E-state index contributed by atoms with van der Waals surface area (Å²) in [7, 11) is 0. The van der Waals surface area contributed by atoms with E-state index in [0.717, 1.165) is 17.0 Å². The average Bonchev–Trinajstić information content (AvgIpc) is 2.36. The summed E-state index contributed by atoms with van der Waals surface area (Å²) in [6.07, 6.45) is 2.60. The number of carboxylic acid groups (broad SMARTS) is 1. The first-order valence-electron chi connectivity index (χ1n) is 6.03. The number of carboxylic acids is 1. The number of aliphatic carboxylic acids is 1. The molecule has 0 spiro atoms. The molecule has 4 heteroatoms. The van der Waals surface area contributed by atoms with E-state index in [9.17, 15) is 4.79 Å². The van der Waals surface area contributed by atoms with Gasteiger partial charge in [0, 0.05) is 11.5 Å². The van der Waals surface area contributed by atoms with Crippen LogP contribution >= 0.6 is 0 Å². The smallest absolute Gasteiger partial charge is 0.328 e. The van der Waals surface area contributed by atoms with Crippen molar-refractivity contribution in [1.29, 1.82) is 0 Å². The van der Waals surface area contributed by atoms with Crippen LogP contribution in [0.1, 0.15) is 19.5 Å². The highest BCUT2D eigenvalue weighted by atomic mass is 16.5. The molecule has 98 valence electrons. The Morgan fingerprint density at radius 3 is 2.79 bits per heavy atom. The summed E-state index contributed by atoms with van der Waals surface area (Å²) in [5.74, 6) is -0.285. The number of nitrogens with zero attached hydrogens (tertiary/aromatic N) is 1. The maximum atomic E-state index is 10.5. The van der Waals surface area contributed by atoms with Crippen molar-refractivity contribution in [2.24, 2.45) is 0 Å². The number of carbonyl (C=O) groups is 1. The van der Waals surface area contributed by atoms with Gasteiger partial charge in [0.05, 0.1) is 11.8 Å². The number of para-hydroxylation sites is 1. The van der Waals surface area contributed by atoms with Gasteiger partial charge in [-0.1, -0.05) is 18.2 Å². The molecule has 1 N–H and O–H groups in total. The van der Waals surface area contributed by atoms with Crippen LogP contribution in [0.25, 0.3) is 17.0 Å². The Balaban J connectivity index is 2.47. The molecule has 0 aliphatic carbocycles. The minimum Gasteiger partial charge on any atom is -0.489 e. The summed E-state index contributed by atoms with van der Waals surface area (Å²) in [4.78, 5) is 14.9. The molecular formula is C15H15NO3. The summed E-state index contributed by atoms with van der Waals surface area (Å²) in [6.45, 7) is 3.90. The van der Waals surface area contributed by atoms with Crippen LogP contribution in [0.2, 0.25) is 0 Å². The maximum Gasteiger partial charge on any atom is 0.328 e. The van der Waals surface area contributed by atoms with Gasteiger partial charge in [0.1, 0.15) is 11.3 Å². The topological polar surface area (TPSA) is 59.4 Å². The zero-order valence-corrected chi connectivity index (χ0v) is 10.8. The van der Waals surface area contributed by atoms with E-state index in [-0.39, 0.29) is 6.10 Å². The fourth-order valence-electron chi connectivity index (χ4n) is 1.73. The highest BCUT2D eigenvalue weighted by Gasteiger charge is 2.05. The fraction of sp³-hybridized carbons (Fsp3) is 0.200. The Labute approximate surface area is 111 Å². The third-order valence-corrected chi connectivity index (χ3v) is 2.46. The second-order valence-corrected chi connectivity index (χ2v) is 4.40. The fourth-order valence-corrected chi connectivity index (χ4v) is 1.73. The Hall–Kier alpha value is -2.36. The Morgan fingerprint density at radius 2 is 2.11 bits per heavy atom. The molecule has 2 aromatic rings. The number of ether oxygens (including phenoxy) is 1. The van der Waals surface area contributed by atoms with Gasteiger partial charge < -0.3 is 9.84 Å². The van der Waals surface area contributed by atoms with Crippen molar-refractivity contribution in [2.75, 3.05) is 0 Å². The van der Waals surface area contributed by atoms with Gasteiger partial charge in [-0.2, -0.15) is 0 Å². The van der Waals surface area contributed by atoms with Gasteiger partial charge in [0.2, 0.25) is 0 Å². The number of hydrogen-bond donors (Lipinski definition) is 1. The van der Waals surface area contributed by atoms with E-state index < -0.39 is 5.97 Å². The SMILES string of the molecule is CC(C)Oc1cccc2ccc(/C=C/C(=O)O)nc12. The zero-order valence-electron chi connectivity index (χ0n) is 10.8. The molecule has 1 heterocycles. The van der Waals surface area contributed by atoms with E-state index in [1.165, 1.54) is 6.08 Å². The lowest BCUT2D eigenvalue weighted by atomic mass is 10.2. The van der Waals surface area contributed by atoms with E-state index in [1.807, 2.05) is 38.1 Å². The van der Waals surface area contributed by atoms with E-state index in [0.29, 0.717) is 11.4 Å². The molecule has 4 nitrogen and oxygen atoms in total. The highest BCUT2D eigenvalue weighted by Crippen LogP contribution is 2.25. The van der Waals surface area contributed by atoms with Crippen molar-refractivity contribution in [3.8, 4) is 5.75 Å². The minimum atomic E-state index is -0.992. The van der Waals surface area contributed by atoms with Gasteiger partial charge in [-0.3, -0.25) is 0 Å². The second-order valence-electron chi connectivity index (χ2n) is 4.40. The van der Waals surface area contributed by atoms with Gasteiger partial charge in [-0.25, -0.2) is 9.78 Å². The van der Waals surface area contributed by atoms with E-state index >= 15 is 0 Å². The van der Waals surface area contributed by atoms with Crippen molar-refractivity contribution in [3.05, 3.63) is 42.1 Å². The molecule has 19 heavy (non-hydrogen) atoms. The zero-order chi connectivity index (χ0) is 13.8. The first-order chi connectivity index (χ1) is 9.06. The summed E-state index contributed by atoms with van der Waals surface area (Å²) in [6, 6.07) is 9.40. The van der Waals surface area contributed by atoms with E-state index in [2.05, 4.69) is 4.98 Å². The Morgan fingerprint density at radius 1 is 1.32 bits per heavy atom. The van der Waals surface area contributed by atoms with Gasteiger partial charge in [0.15, 0.2) is 0 Å². The Bertz CT molecular complexity index is 632. The van der Waals surface area contributed by atoms with Crippen LogP contribution in [0, 0.1) is 0 Å². The lowest BCUT2D eigenvalue weighted by Gasteiger charge is -2.11. The first kappa shape index (κ1) is 13.1. The number of rotatable bonds is 4. The molecule has 1 aromatic carbocycles. The summed E-state index contributed by atoms with van der Waals surface area (Å²) < 4.78 is 5.71. The second kappa shape index (κ2) is 5.52. The van der Waals surface area contributed by atoms with Gasteiger partial charge >= 0.3 is 5.97 Å². The van der Waals surface area contributed by atoms with Crippen molar-refractivity contribution in [3.63, 3.8) is 0 Å². The van der Waals surface area contributed by atoms with Crippen LogP contribution in [0.5, 0.6) is 5.75 Å². The standard InChI is InChI=1S/C15H15NO3/c1-10(2)19-13-5-3-4-11-6-7-12(16-15(11)13)8-9-14(17)18/h3-10H,1-2H3,(H,17,18)/b9-8+.